The fourth-order valence-electron chi connectivity index (χ4n) is 1.79. The van der Waals surface area contributed by atoms with Gasteiger partial charge >= 0.3 is 0 Å². The standard InChI is InChI=1S/C9H21PSi/c1-11(2,3)9-10-7-5-4-6-8-10/h4-9H2,1-3H3. The van der Waals surface area contributed by atoms with Gasteiger partial charge in [-0.2, -0.15) is 0 Å². The molecule has 66 valence electrons. The minimum absolute atomic E-state index is 0.502. The van der Waals surface area contributed by atoms with Gasteiger partial charge in [0.05, 0.1) is 0 Å². The van der Waals surface area contributed by atoms with Gasteiger partial charge in [-0.15, -0.1) is 7.92 Å². The van der Waals surface area contributed by atoms with E-state index in [1.807, 2.05) is 0 Å². The summed E-state index contributed by atoms with van der Waals surface area (Å²) < 4.78 is 0. The Balaban J connectivity index is 2.24. The van der Waals surface area contributed by atoms with Crippen molar-refractivity contribution in [2.75, 3.05) is 18.1 Å². The van der Waals surface area contributed by atoms with Gasteiger partial charge in [-0.1, -0.05) is 26.1 Å². The Labute approximate surface area is 73.5 Å². The van der Waals surface area contributed by atoms with Crippen LogP contribution >= 0.6 is 7.92 Å². The van der Waals surface area contributed by atoms with Gasteiger partial charge in [-0.05, 0) is 31.0 Å². The van der Waals surface area contributed by atoms with Gasteiger partial charge in [0.1, 0.15) is 0 Å². The van der Waals surface area contributed by atoms with Crippen LogP contribution in [-0.2, 0) is 0 Å². The molecule has 0 unspecified atom stereocenters. The molecule has 0 amide bonds. The van der Waals surface area contributed by atoms with E-state index in [4.69, 9.17) is 0 Å². The molecule has 0 nitrogen and oxygen atoms in total. The van der Waals surface area contributed by atoms with Gasteiger partial charge in [-0.3, -0.25) is 0 Å². The first-order valence-corrected chi connectivity index (χ1v) is 10.4. The van der Waals surface area contributed by atoms with Crippen LogP contribution < -0.4 is 0 Å². The number of hydrogen-bond donors (Lipinski definition) is 0. The summed E-state index contributed by atoms with van der Waals surface area (Å²) in [7, 11) is -0.214. The van der Waals surface area contributed by atoms with Crippen molar-refractivity contribution in [3.8, 4) is 0 Å². The van der Waals surface area contributed by atoms with E-state index in [9.17, 15) is 0 Å². The molecule has 0 spiro atoms. The quantitative estimate of drug-likeness (QED) is 0.459. The second-order valence-corrected chi connectivity index (χ2v) is 13.5. The van der Waals surface area contributed by atoms with Gasteiger partial charge in [0.25, 0.3) is 0 Å². The van der Waals surface area contributed by atoms with Crippen molar-refractivity contribution in [2.24, 2.45) is 0 Å². The molecular formula is C9H21PSi. The third kappa shape index (κ3) is 4.27. The molecule has 1 heterocycles. The number of rotatable bonds is 2. The SMILES string of the molecule is C[Si](C)(C)CP1CCCCC1. The predicted molar refractivity (Wildman–Crippen MR) is 58.7 cm³/mol. The van der Waals surface area contributed by atoms with Crippen LogP contribution in [0.4, 0.5) is 0 Å². The maximum Gasteiger partial charge on any atom is 0.0485 e. The third-order valence-electron chi connectivity index (χ3n) is 2.15. The van der Waals surface area contributed by atoms with E-state index in [-0.39, 0.29) is 0 Å². The highest BCUT2D eigenvalue weighted by Gasteiger charge is 2.21. The molecule has 1 fully saturated rings. The van der Waals surface area contributed by atoms with Crippen LogP contribution in [0.3, 0.4) is 0 Å². The molecular weight excluding hydrogens is 167 g/mol. The van der Waals surface area contributed by atoms with Crippen LogP contribution in [-0.4, -0.2) is 26.2 Å². The van der Waals surface area contributed by atoms with Crippen molar-refractivity contribution in [2.45, 2.75) is 38.9 Å². The fraction of sp³-hybridized carbons (Fsp3) is 1.00. The highest BCUT2D eigenvalue weighted by Crippen LogP contribution is 2.43. The maximum atomic E-state index is 2.52. The van der Waals surface area contributed by atoms with Gasteiger partial charge in [-0.25, -0.2) is 0 Å². The molecule has 0 aromatic heterocycles. The second kappa shape index (κ2) is 4.05. The summed E-state index contributed by atoms with van der Waals surface area (Å²) in [5.41, 5.74) is 0. The first-order chi connectivity index (χ1) is 5.08. The molecule has 0 N–H and O–H groups in total. The van der Waals surface area contributed by atoms with Crippen molar-refractivity contribution in [3.05, 3.63) is 0 Å². The van der Waals surface area contributed by atoms with Crippen LogP contribution in [0.1, 0.15) is 19.3 Å². The van der Waals surface area contributed by atoms with E-state index in [2.05, 4.69) is 19.6 Å². The van der Waals surface area contributed by atoms with Gasteiger partial charge in [0.2, 0.25) is 0 Å². The van der Waals surface area contributed by atoms with Crippen molar-refractivity contribution in [1.82, 2.24) is 0 Å². The van der Waals surface area contributed by atoms with E-state index in [0.29, 0.717) is 7.92 Å². The van der Waals surface area contributed by atoms with Crippen LogP contribution in [0.2, 0.25) is 19.6 Å². The van der Waals surface area contributed by atoms with Crippen LogP contribution in [0, 0.1) is 0 Å². The fourth-order valence-corrected chi connectivity index (χ4v) is 9.99. The smallest absolute Gasteiger partial charge is 0.0485 e. The molecule has 0 atom stereocenters. The maximum absolute atomic E-state index is 2.52. The van der Waals surface area contributed by atoms with E-state index in [1.54, 1.807) is 18.1 Å². The van der Waals surface area contributed by atoms with Crippen LogP contribution in [0.15, 0.2) is 0 Å². The Hall–Kier alpha value is 0.647. The Morgan fingerprint density at radius 2 is 1.55 bits per heavy atom. The molecule has 0 radical (unpaired) electrons. The zero-order valence-electron chi connectivity index (χ0n) is 8.19. The Morgan fingerprint density at radius 3 is 2.00 bits per heavy atom. The molecule has 0 aromatic carbocycles. The summed E-state index contributed by atoms with van der Waals surface area (Å²) in [6.07, 6.45) is 7.79. The topological polar surface area (TPSA) is 0 Å². The molecule has 0 bridgehead atoms. The van der Waals surface area contributed by atoms with Gasteiger partial charge < -0.3 is 0 Å². The van der Waals surface area contributed by atoms with Crippen LogP contribution in [0.5, 0.6) is 0 Å². The molecule has 2 heteroatoms. The zero-order chi connectivity index (χ0) is 8.32. The molecule has 1 aliphatic rings. The lowest BCUT2D eigenvalue weighted by atomic mass is 10.3. The Bertz CT molecular complexity index is 111. The Kier molecular flexibility index (Phi) is 3.58. The minimum Gasteiger partial charge on any atom is -0.109 e. The highest BCUT2D eigenvalue weighted by molar-refractivity contribution is 7.60. The normalized spacial score (nSPS) is 22.1. The molecule has 1 saturated heterocycles. The molecule has 1 aliphatic heterocycles. The number of hydrogen-bond acceptors (Lipinski definition) is 0. The van der Waals surface area contributed by atoms with Crippen molar-refractivity contribution in [1.29, 1.82) is 0 Å². The predicted octanol–water partition coefficient (Wildman–Crippen LogP) is 3.53. The largest absolute Gasteiger partial charge is 0.109 e. The zero-order valence-corrected chi connectivity index (χ0v) is 10.1. The molecule has 1 rings (SSSR count). The third-order valence-corrected chi connectivity index (χ3v) is 9.63. The van der Waals surface area contributed by atoms with E-state index < -0.39 is 8.07 Å². The monoisotopic (exact) mass is 188 g/mol. The summed E-state index contributed by atoms with van der Waals surface area (Å²) in [6.45, 7) is 7.55. The van der Waals surface area contributed by atoms with Crippen molar-refractivity contribution >= 4 is 16.0 Å². The summed E-state index contributed by atoms with van der Waals surface area (Å²) in [5, 5.41) is 0. The summed E-state index contributed by atoms with van der Waals surface area (Å²) in [6, 6.07) is 0. The lowest BCUT2D eigenvalue weighted by molar-refractivity contribution is 0.753. The summed E-state index contributed by atoms with van der Waals surface area (Å²) >= 11 is 0. The molecule has 0 aliphatic carbocycles. The highest BCUT2D eigenvalue weighted by atomic mass is 31.1. The Morgan fingerprint density at radius 1 is 1.00 bits per heavy atom. The van der Waals surface area contributed by atoms with E-state index in [1.165, 1.54) is 19.3 Å². The minimum atomic E-state index is -0.716. The summed E-state index contributed by atoms with van der Waals surface area (Å²) in [4.78, 5) is 0. The molecule has 0 saturated carbocycles. The van der Waals surface area contributed by atoms with Gasteiger partial charge in [0, 0.05) is 8.07 Å². The lowest BCUT2D eigenvalue weighted by Gasteiger charge is -2.28. The molecule has 0 aromatic rings. The average molecular weight is 188 g/mol. The van der Waals surface area contributed by atoms with Crippen LogP contribution in [0.25, 0.3) is 0 Å². The van der Waals surface area contributed by atoms with Crippen molar-refractivity contribution < 1.29 is 0 Å². The van der Waals surface area contributed by atoms with E-state index >= 15 is 0 Å². The molecule has 11 heavy (non-hydrogen) atoms. The van der Waals surface area contributed by atoms with Gasteiger partial charge in [0.15, 0.2) is 0 Å². The first-order valence-electron chi connectivity index (χ1n) is 4.80. The van der Waals surface area contributed by atoms with E-state index in [0.717, 1.165) is 0 Å². The average Bonchev–Trinajstić information content (AvgIpc) is 1.85. The summed E-state index contributed by atoms with van der Waals surface area (Å²) in [5.74, 6) is 1.64. The lowest BCUT2D eigenvalue weighted by Crippen LogP contribution is -2.26. The second-order valence-electron chi connectivity index (χ2n) is 4.90. The van der Waals surface area contributed by atoms with Crippen molar-refractivity contribution in [3.63, 3.8) is 0 Å². The first kappa shape index (κ1) is 9.73.